The molecule has 186 valence electrons. The molecule has 2 heterocycles. The molecule has 3 aromatic rings. The van der Waals surface area contributed by atoms with Crippen LogP contribution >= 0.6 is 0 Å². The molecule has 1 aliphatic carbocycles. The Balaban J connectivity index is 1.47. The van der Waals surface area contributed by atoms with Crippen LogP contribution in [0.1, 0.15) is 78.2 Å². The first kappa shape index (κ1) is 24.2. The number of carbonyl (C=O) groups is 2. The van der Waals surface area contributed by atoms with Crippen molar-refractivity contribution in [2.24, 2.45) is 0 Å². The Hall–Kier alpha value is -3.47. The van der Waals surface area contributed by atoms with E-state index in [0.717, 1.165) is 84.8 Å². The summed E-state index contributed by atoms with van der Waals surface area (Å²) in [6.45, 7) is 4.72. The van der Waals surface area contributed by atoms with Crippen LogP contribution in [0.15, 0.2) is 48.5 Å². The van der Waals surface area contributed by atoms with Crippen molar-refractivity contribution in [2.45, 2.75) is 64.8 Å². The van der Waals surface area contributed by atoms with E-state index in [0.29, 0.717) is 5.56 Å². The van der Waals surface area contributed by atoms with Crippen LogP contribution in [0.3, 0.4) is 0 Å². The molecule has 1 amide bonds. The molecule has 1 aromatic heterocycles. The highest BCUT2D eigenvalue weighted by Crippen LogP contribution is 2.36. The summed E-state index contributed by atoms with van der Waals surface area (Å²) in [6.07, 6.45) is 8.90. The third kappa shape index (κ3) is 4.92. The average molecular weight is 483 g/mol. The largest absolute Gasteiger partial charge is 0.452 e. The topological polar surface area (TPSA) is 59.5 Å². The fourth-order valence-corrected chi connectivity index (χ4v) is 5.61. The zero-order valence-corrected chi connectivity index (χ0v) is 21.3. The summed E-state index contributed by atoms with van der Waals surface area (Å²) in [5.41, 5.74) is 6.62. The molecule has 0 bridgehead atoms. The molecule has 36 heavy (non-hydrogen) atoms. The van der Waals surface area contributed by atoms with E-state index in [1.165, 1.54) is 5.56 Å². The van der Waals surface area contributed by atoms with Gasteiger partial charge in [0.25, 0.3) is 5.91 Å². The molecule has 0 spiro atoms. The van der Waals surface area contributed by atoms with Gasteiger partial charge in [0.1, 0.15) is 0 Å². The highest BCUT2D eigenvalue weighted by atomic mass is 16.5. The van der Waals surface area contributed by atoms with Crippen molar-refractivity contribution in [2.75, 3.05) is 13.2 Å². The summed E-state index contributed by atoms with van der Waals surface area (Å²) < 4.78 is 5.70. The number of nitrogens with zero attached hydrogens (tertiary/aromatic N) is 2. The number of esters is 1. The Morgan fingerprint density at radius 3 is 2.67 bits per heavy atom. The van der Waals surface area contributed by atoms with Crippen molar-refractivity contribution in [3.8, 4) is 0 Å². The molecule has 1 aliphatic heterocycles. The molecular weight excluding hydrogens is 448 g/mol. The number of para-hydroxylation sites is 1. The van der Waals surface area contributed by atoms with Crippen molar-refractivity contribution in [3.05, 3.63) is 76.5 Å². The fourth-order valence-electron chi connectivity index (χ4n) is 5.61. The number of ether oxygens (including phenoxy) is 1. The van der Waals surface area contributed by atoms with Gasteiger partial charge in [0.05, 0.1) is 16.8 Å². The van der Waals surface area contributed by atoms with E-state index < -0.39 is 5.97 Å². The number of aromatic nitrogens is 1. The van der Waals surface area contributed by atoms with E-state index in [1.807, 2.05) is 29.2 Å². The minimum absolute atomic E-state index is 0.0953. The highest BCUT2D eigenvalue weighted by Gasteiger charge is 2.29. The fraction of sp³-hybridized carbons (Fsp3) is 0.387. The number of piperidine rings is 1. The van der Waals surface area contributed by atoms with Gasteiger partial charge in [0, 0.05) is 18.0 Å². The molecule has 2 aromatic carbocycles. The molecule has 0 saturated carbocycles. The average Bonchev–Trinajstić information content (AvgIpc) is 2.91. The summed E-state index contributed by atoms with van der Waals surface area (Å²) in [6, 6.07) is 16.4. The molecule has 0 N–H and O–H groups in total. The van der Waals surface area contributed by atoms with E-state index in [4.69, 9.17) is 9.72 Å². The van der Waals surface area contributed by atoms with E-state index in [-0.39, 0.29) is 18.6 Å². The number of hydrogen-bond donors (Lipinski definition) is 0. The summed E-state index contributed by atoms with van der Waals surface area (Å²) in [4.78, 5) is 33.4. The number of amides is 1. The zero-order valence-electron chi connectivity index (χ0n) is 21.3. The number of allylic oxidation sites excluding steroid dienone is 1. The van der Waals surface area contributed by atoms with Crippen LogP contribution in [0.25, 0.3) is 22.6 Å². The minimum atomic E-state index is -0.431. The van der Waals surface area contributed by atoms with Gasteiger partial charge >= 0.3 is 5.97 Å². The SMILES string of the molecule is CCC1CCCCN1C(=O)COC(=O)c1c2c(nc3ccccc13)/C(=C/c1ccc(C)cc1)CCC2. The number of benzene rings is 2. The molecule has 5 rings (SSSR count). The second-order valence-corrected chi connectivity index (χ2v) is 9.99. The molecule has 1 unspecified atom stereocenters. The Kier molecular flexibility index (Phi) is 7.17. The molecule has 1 atom stereocenters. The van der Waals surface area contributed by atoms with Gasteiger partial charge in [-0.3, -0.25) is 4.79 Å². The van der Waals surface area contributed by atoms with E-state index in [2.05, 4.69) is 44.2 Å². The van der Waals surface area contributed by atoms with Gasteiger partial charge in [-0.05, 0) is 80.7 Å². The van der Waals surface area contributed by atoms with Gasteiger partial charge in [-0.15, -0.1) is 0 Å². The number of pyridine rings is 1. The van der Waals surface area contributed by atoms with Crippen molar-refractivity contribution in [1.82, 2.24) is 9.88 Å². The summed E-state index contributed by atoms with van der Waals surface area (Å²) in [5, 5.41) is 0.787. The van der Waals surface area contributed by atoms with E-state index in [1.54, 1.807) is 0 Å². The Morgan fingerprint density at radius 1 is 1.06 bits per heavy atom. The zero-order chi connectivity index (χ0) is 25.1. The van der Waals surface area contributed by atoms with Crippen LogP contribution in [0.2, 0.25) is 0 Å². The van der Waals surface area contributed by atoms with Gasteiger partial charge in [0.15, 0.2) is 6.61 Å². The molecule has 5 nitrogen and oxygen atoms in total. The molecule has 1 fully saturated rings. The van der Waals surface area contributed by atoms with Gasteiger partial charge in [-0.1, -0.05) is 55.0 Å². The molecule has 0 radical (unpaired) electrons. The van der Waals surface area contributed by atoms with E-state index >= 15 is 0 Å². The number of fused-ring (bicyclic) bond motifs is 2. The lowest BCUT2D eigenvalue weighted by atomic mass is 9.86. The first-order valence-electron chi connectivity index (χ1n) is 13.2. The lowest BCUT2D eigenvalue weighted by Crippen LogP contribution is -2.45. The standard InChI is InChI=1S/C31H34N2O3/c1-3-24-10-6-7-18-33(24)28(34)20-36-31(35)29-25-11-4-5-13-27(25)32-30-23(9-8-12-26(29)30)19-22-16-14-21(2)15-17-22/h4-5,11,13-17,19,24H,3,6-10,12,18,20H2,1-2H3/b23-19+. The second kappa shape index (κ2) is 10.7. The van der Waals surface area contributed by atoms with Crippen LogP contribution in [-0.2, 0) is 16.0 Å². The van der Waals surface area contributed by atoms with Crippen LogP contribution in [0.4, 0.5) is 0 Å². The normalized spacial score (nSPS) is 18.8. The predicted octanol–water partition coefficient (Wildman–Crippen LogP) is 6.37. The molecule has 2 aliphatic rings. The third-order valence-corrected chi connectivity index (χ3v) is 7.54. The first-order valence-corrected chi connectivity index (χ1v) is 13.2. The molecule has 5 heteroatoms. The van der Waals surface area contributed by atoms with Crippen molar-refractivity contribution in [1.29, 1.82) is 0 Å². The minimum Gasteiger partial charge on any atom is -0.452 e. The van der Waals surface area contributed by atoms with Gasteiger partial charge in [-0.2, -0.15) is 0 Å². The lowest BCUT2D eigenvalue weighted by Gasteiger charge is -2.35. The number of carbonyl (C=O) groups excluding carboxylic acids is 2. The Labute approximate surface area is 213 Å². The molecule has 1 saturated heterocycles. The summed E-state index contributed by atoms with van der Waals surface area (Å²) >= 11 is 0. The maximum atomic E-state index is 13.5. The van der Waals surface area contributed by atoms with Crippen LogP contribution in [0, 0.1) is 6.92 Å². The van der Waals surface area contributed by atoms with Gasteiger partial charge < -0.3 is 9.64 Å². The van der Waals surface area contributed by atoms with Crippen molar-refractivity contribution >= 4 is 34.4 Å². The maximum absolute atomic E-state index is 13.5. The Bertz CT molecular complexity index is 1310. The number of rotatable bonds is 5. The van der Waals surface area contributed by atoms with Crippen molar-refractivity contribution in [3.63, 3.8) is 0 Å². The predicted molar refractivity (Wildman–Crippen MR) is 144 cm³/mol. The first-order chi connectivity index (χ1) is 17.5. The van der Waals surface area contributed by atoms with Crippen LogP contribution in [-0.4, -0.2) is 41.0 Å². The Morgan fingerprint density at radius 2 is 1.86 bits per heavy atom. The van der Waals surface area contributed by atoms with E-state index in [9.17, 15) is 9.59 Å². The van der Waals surface area contributed by atoms with Crippen LogP contribution < -0.4 is 0 Å². The van der Waals surface area contributed by atoms with Gasteiger partial charge in [0.2, 0.25) is 0 Å². The lowest BCUT2D eigenvalue weighted by molar-refractivity contribution is -0.138. The quantitative estimate of drug-likeness (QED) is 0.397. The maximum Gasteiger partial charge on any atom is 0.339 e. The monoisotopic (exact) mass is 482 g/mol. The number of likely N-dealkylation sites (tertiary alicyclic amines) is 1. The van der Waals surface area contributed by atoms with Gasteiger partial charge in [-0.25, -0.2) is 9.78 Å². The van der Waals surface area contributed by atoms with Crippen molar-refractivity contribution < 1.29 is 14.3 Å². The second-order valence-electron chi connectivity index (χ2n) is 9.99. The number of hydrogen-bond acceptors (Lipinski definition) is 4. The molecular formula is C31H34N2O3. The summed E-state index contributed by atoms with van der Waals surface area (Å²) in [7, 11) is 0. The summed E-state index contributed by atoms with van der Waals surface area (Å²) in [5.74, 6) is -0.526. The highest BCUT2D eigenvalue weighted by molar-refractivity contribution is 6.07. The van der Waals surface area contributed by atoms with Crippen LogP contribution in [0.5, 0.6) is 0 Å². The smallest absolute Gasteiger partial charge is 0.339 e. The third-order valence-electron chi connectivity index (χ3n) is 7.54. The number of aryl methyl sites for hydroxylation is 1.